The standard InChI is InChI=1S/C14H15N.C5H10N2O2/c1-15-14(12-8-4-2-5-9-12)13-10-6-3-7-11-13;6-4(3-8)1-2-5(7)9/h2-11,14-15H,1H3;3-4H,1-2,6H2,(H2,7,9). The van der Waals surface area contributed by atoms with Gasteiger partial charge in [0.15, 0.2) is 0 Å². The molecule has 0 aliphatic carbocycles. The third-order valence-corrected chi connectivity index (χ3v) is 3.45. The highest BCUT2D eigenvalue weighted by Crippen LogP contribution is 2.20. The molecule has 0 saturated heterocycles. The van der Waals surface area contributed by atoms with E-state index < -0.39 is 11.9 Å². The number of carbonyl (C=O) groups is 2. The summed E-state index contributed by atoms with van der Waals surface area (Å²) in [6.07, 6.45) is 1.13. The highest BCUT2D eigenvalue weighted by Gasteiger charge is 2.09. The summed E-state index contributed by atoms with van der Waals surface area (Å²) in [5.41, 5.74) is 12.5. The van der Waals surface area contributed by atoms with Crippen molar-refractivity contribution in [3.63, 3.8) is 0 Å². The van der Waals surface area contributed by atoms with Crippen molar-refractivity contribution in [3.8, 4) is 0 Å². The van der Waals surface area contributed by atoms with Gasteiger partial charge in [0.05, 0.1) is 12.1 Å². The molecule has 0 heterocycles. The summed E-state index contributed by atoms with van der Waals surface area (Å²) in [6.45, 7) is 0. The monoisotopic (exact) mass is 327 g/mol. The van der Waals surface area contributed by atoms with Crippen LogP contribution in [0.4, 0.5) is 0 Å². The molecular formula is C19H25N3O2. The highest BCUT2D eigenvalue weighted by molar-refractivity contribution is 5.74. The first kappa shape index (κ1) is 19.5. The molecule has 2 rings (SSSR count). The molecule has 0 aliphatic rings. The first-order valence-corrected chi connectivity index (χ1v) is 7.84. The summed E-state index contributed by atoms with van der Waals surface area (Å²) in [4.78, 5) is 19.9. The second kappa shape index (κ2) is 11.1. The maximum Gasteiger partial charge on any atom is 0.217 e. The van der Waals surface area contributed by atoms with E-state index in [9.17, 15) is 9.59 Å². The zero-order chi connectivity index (χ0) is 17.8. The Balaban J connectivity index is 0.000000277. The van der Waals surface area contributed by atoms with Crippen molar-refractivity contribution in [1.29, 1.82) is 0 Å². The van der Waals surface area contributed by atoms with Gasteiger partial charge in [0.1, 0.15) is 6.29 Å². The summed E-state index contributed by atoms with van der Waals surface area (Å²) in [5, 5.41) is 3.33. The summed E-state index contributed by atoms with van der Waals surface area (Å²) in [7, 11) is 1.99. The van der Waals surface area contributed by atoms with E-state index in [2.05, 4.69) is 53.8 Å². The van der Waals surface area contributed by atoms with Crippen molar-refractivity contribution in [2.24, 2.45) is 11.5 Å². The lowest BCUT2D eigenvalue weighted by atomic mass is 9.99. The average Bonchev–Trinajstić information content (AvgIpc) is 2.62. The molecule has 2 aromatic rings. The van der Waals surface area contributed by atoms with Gasteiger partial charge in [-0.25, -0.2) is 0 Å². The molecule has 0 aliphatic heterocycles. The summed E-state index contributed by atoms with van der Waals surface area (Å²) < 4.78 is 0. The largest absolute Gasteiger partial charge is 0.370 e. The number of aldehydes is 1. The van der Waals surface area contributed by atoms with Crippen LogP contribution in [0.5, 0.6) is 0 Å². The molecule has 5 heteroatoms. The van der Waals surface area contributed by atoms with Gasteiger partial charge in [-0.2, -0.15) is 0 Å². The topological polar surface area (TPSA) is 98.2 Å². The molecule has 2 aromatic carbocycles. The molecule has 0 radical (unpaired) electrons. The molecule has 0 bridgehead atoms. The Morgan fingerprint density at radius 1 is 1.04 bits per heavy atom. The van der Waals surface area contributed by atoms with Crippen LogP contribution >= 0.6 is 0 Å². The minimum Gasteiger partial charge on any atom is -0.370 e. The minimum absolute atomic E-state index is 0.180. The van der Waals surface area contributed by atoms with Gasteiger partial charge in [0.25, 0.3) is 0 Å². The van der Waals surface area contributed by atoms with E-state index in [0.717, 1.165) is 0 Å². The number of carbonyl (C=O) groups excluding carboxylic acids is 2. The van der Waals surface area contributed by atoms with Gasteiger partial charge in [0, 0.05) is 6.42 Å². The molecular weight excluding hydrogens is 302 g/mol. The summed E-state index contributed by atoms with van der Waals surface area (Å²) in [5.74, 6) is -0.424. The van der Waals surface area contributed by atoms with Crippen molar-refractivity contribution < 1.29 is 9.59 Å². The lowest BCUT2D eigenvalue weighted by Gasteiger charge is -2.16. The fraction of sp³-hybridized carbons (Fsp3) is 0.263. The fourth-order valence-electron chi connectivity index (χ4n) is 2.19. The Hall–Kier alpha value is -2.50. The van der Waals surface area contributed by atoms with Gasteiger partial charge in [0.2, 0.25) is 5.91 Å². The first-order valence-electron chi connectivity index (χ1n) is 7.84. The van der Waals surface area contributed by atoms with Crippen LogP contribution in [0, 0.1) is 0 Å². The fourth-order valence-corrected chi connectivity index (χ4v) is 2.19. The molecule has 5 N–H and O–H groups in total. The predicted octanol–water partition coefficient (Wildman–Crippen LogP) is 1.77. The number of nitrogens with two attached hydrogens (primary N) is 2. The summed E-state index contributed by atoms with van der Waals surface area (Å²) in [6, 6.07) is 20.7. The van der Waals surface area contributed by atoms with E-state index in [1.54, 1.807) is 0 Å². The number of rotatable bonds is 7. The third kappa shape index (κ3) is 7.17. The molecule has 5 nitrogen and oxygen atoms in total. The van der Waals surface area contributed by atoms with Crippen LogP contribution in [0.2, 0.25) is 0 Å². The van der Waals surface area contributed by atoms with Crippen molar-refractivity contribution in [2.75, 3.05) is 7.05 Å². The van der Waals surface area contributed by atoms with Crippen LogP contribution < -0.4 is 16.8 Å². The van der Waals surface area contributed by atoms with E-state index in [-0.39, 0.29) is 12.5 Å². The Morgan fingerprint density at radius 2 is 1.50 bits per heavy atom. The van der Waals surface area contributed by atoms with Gasteiger partial charge < -0.3 is 21.6 Å². The number of hydrogen-bond donors (Lipinski definition) is 3. The molecule has 0 saturated carbocycles. The normalized spacial score (nSPS) is 11.3. The van der Waals surface area contributed by atoms with Crippen molar-refractivity contribution >= 4 is 12.2 Å². The second-order valence-electron chi connectivity index (χ2n) is 5.35. The third-order valence-electron chi connectivity index (χ3n) is 3.45. The number of primary amides is 1. The van der Waals surface area contributed by atoms with Crippen LogP contribution in [-0.2, 0) is 9.59 Å². The Bertz CT molecular complexity index is 563. The van der Waals surface area contributed by atoms with Crippen molar-refractivity contribution in [1.82, 2.24) is 5.32 Å². The van der Waals surface area contributed by atoms with Crippen molar-refractivity contribution in [3.05, 3.63) is 71.8 Å². The number of amides is 1. The first-order chi connectivity index (χ1) is 11.6. The van der Waals surface area contributed by atoms with Gasteiger partial charge in [-0.05, 0) is 24.6 Å². The predicted molar refractivity (Wildman–Crippen MR) is 96.3 cm³/mol. The maximum atomic E-state index is 10.1. The molecule has 128 valence electrons. The molecule has 24 heavy (non-hydrogen) atoms. The van der Waals surface area contributed by atoms with Gasteiger partial charge in [-0.1, -0.05) is 60.7 Å². The van der Waals surface area contributed by atoms with Gasteiger partial charge in [-0.3, -0.25) is 4.79 Å². The number of nitrogens with one attached hydrogen (secondary N) is 1. The SMILES string of the molecule is CNC(c1ccccc1)c1ccccc1.NC(=O)CCC(N)C=O. The zero-order valence-corrected chi connectivity index (χ0v) is 13.9. The Morgan fingerprint density at radius 3 is 1.83 bits per heavy atom. The van der Waals surface area contributed by atoms with E-state index in [4.69, 9.17) is 11.5 Å². The van der Waals surface area contributed by atoms with E-state index in [1.165, 1.54) is 11.1 Å². The quantitative estimate of drug-likeness (QED) is 0.675. The number of benzene rings is 2. The van der Waals surface area contributed by atoms with Crippen LogP contribution in [0.1, 0.15) is 30.0 Å². The molecule has 1 unspecified atom stereocenters. The zero-order valence-electron chi connectivity index (χ0n) is 13.9. The Labute approximate surface area is 143 Å². The lowest BCUT2D eigenvalue weighted by Crippen LogP contribution is -2.24. The second-order valence-corrected chi connectivity index (χ2v) is 5.35. The molecule has 0 spiro atoms. The van der Waals surface area contributed by atoms with Gasteiger partial charge >= 0.3 is 0 Å². The molecule has 0 fully saturated rings. The molecule has 1 amide bonds. The van der Waals surface area contributed by atoms with Crippen LogP contribution in [0.3, 0.4) is 0 Å². The van der Waals surface area contributed by atoms with E-state index in [1.807, 2.05) is 19.2 Å². The van der Waals surface area contributed by atoms with E-state index in [0.29, 0.717) is 12.7 Å². The average molecular weight is 327 g/mol. The van der Waals surface area contributed by atoms with Crippen LogP contribution in [0.15, 0.2) is 60.7 Å². The van der Waals surface area contributed by atoms with Crippen LogP contribution in [0.25, 0.3) is 0 Å². The molecule has 1 atom stereocenters. The van der Waals surface area contributed by atoms with Gasteiger partial charge in [-0.15, -0.1) is 0 Å². The Kier molecular flexibility index (Phi) is 9.04. The van der Waals surface area contributed by atoms with E-state index >= 15 is 0 Å². The van der Waals surface area contributed by atoms with Crippen molar-refractivity contribution in [2.45, 2.75) is 24.9 Å². The minimum atomic E-state index is -0.544. The maximum absolute atomic E-state index is 10.1. The van der Waals surface area contributed by atoms with Crippen LogP contribution in [-0.4, -0.2) is 25.3 Å². The lowest BCUT2D eigenvalue weighted by molar-refractivity contribution is -0.118. The highest BCUT2D eigenvalue weighted by atomic mass is 16.1. The smallest absolute Gasteiger partial charge is 0.217 e. The number of hydrogen-bond acceptors (Lipinski definition) is 4. The molecule has 0 aromatic heterocycles. The summed E-state index contributed by atoms with van der Waals surface area (Å²) >= 11 is 0.